The van der Waals surface area contributed by atoms with Crippen LogP contribution in [0.5, 0.6) is 0 Å². The molecule has 0 saturated carbocycles. The number of hydrogen-bond acceptors (Lipinski definition) is 2. The van der Waals surface area contributed by atoms with Gasteiger partial charge in [-0.05, 0) is 17.2 Å². The first-order chi connectivity index (χ1) is 10.8. The van der Waals surface area contributed by atoms with E-state index in [0.29, 0.717) is 0 Å². The van der Waals surface area contributed by atoms with Gasteiger partial charge in [0.1, 0.15) is 6.61 Å². The van der Waals surface area contributed by atoms with Crippen molar-refractivity contribution in [2.45, 2.75) is 12.6 Å². The number of amides is 1. The van der Waals surface area contributed by atoms with Crippen LogP contribution in [-0.2, 0) is 11.3 Å². The van der Waals surface area contributed by atoms with E-state index in [9.17, 15) is 4.79 Å². The average molecular weight is 291 g/mol. The maximum Gasteiger partial charge on any atom is 0.414 e. The Balaban J connectivity index is 1.70. The molecular formula is C19H17NO2. The third-order valence-corrected chi connectivity index (χ3v) is 3.51. The van der Waals surface area contributed by atoms with Crippen LogP contribution < -0.4 is 0 Å². The van der Waals surface area contributed by atoms with E-state index < -0.39 is 0 Å². The SMILES string of the molecule is O=C(OCc1ccccc1)N1C=CC=C[C@H]1c1ccccc1. The predicted molar refractivity (Wildman–Crippen MR) is 85.9 cm³/mol. The predicted octanol–water partition coefficient (Wildman–Crippen LogP) is 4.45. The molecule has 2 aromatic rings. The summed E-state index contributed by atoms with van der Waals surface area (Å²) in [6.07, 6.45) is 7.17. The molecule has 3 nitrogen and oxygen atoms in total. The molecule has 0 fully saturated rings. The first-order valence-electron chi connectivity index (χ1n) is 7.23. The summed E-state index contributed by atoms with van der Waals surface area (Å²) in [6.45, 7) is 0.273. The van der Waals surface area contributed by atoms with Gasteiger partial charge in [-0.25, -0.2) is 4.79 Å². The number of carbonyl (C=O) groups excluding carboxylic acids is 1. The van der Waals surface area contributed by atoms with Crippen LogP contribution in [0.25, 0.3) is 0 Å². The third kappa shape index (κ3) is 3.26. The number of benzene rings is 2. The van der Waals surface area contributed by atoms with Gasteiger partial charge in [-0.2, -0.15) is 0 Å². The summed E-state index contributed by atoms with van der Waals surface area (Å²) in [6, 6.07) is 19.5. The lowest BCUT2D eigenvalue weighted by Crippen LogP contribution is -2.31. The van der Waals surface area contributed by atoms with Crippen molar-refractivity contribution in [2.75, 3.05) is 0 Å². The minimum absolute atomic E-state index is 0.130. The van der Waals surface area contributed by atoms with Gasteiger partial charge >= 0.3 is 6.09 Å². The molecule has 22 heavy (non-hydrogen) atoms. The lowest BCUT2D eigenvalue weighted by atomic mass is 10.0. The highest BCUT2D eigenvalue weighted by Crippen LogP contribution is 2.26. The van der Waals surface area contributed by atoms with Crippen LogP contribution in [0, 0.1) is 0 Å². The van der Waals surface area contributed by atoms with Crippen molar-refractivity contribution < 1.29 is 9.53 Å². The van der Waals surface area contributed by atoms with E-state index in [4.69, 9.17) is 4.74 Å². The zero-order valence-corrected chi connectivity index (χ0v) is 12.1. The average Bonchev–Trinajstić information content (AvgIpc) is 2.61. The van der Waals surface area contributed by atoms with E-state index in [1.165, 1.54) is 0 Å². The summed E-state index contributed by atoms with van der Waals surface area (Å²) in [5.41, 5.74) is 2.03. The van der Waals surface area contributed by atoms with E-state index in [-0.39, 0.29) is 18.7 Å². The molecule has 0 radical (unpaired) electrons. The van der Waals surface area contributed by atoms with Crippen LogP contribution in [0.2, 0.25) is 0 Å². The summed E-state index contributed by atoms with van der Waals surface area (Å²) in [5.74, 6) is 0. The second-order valence-electron chi connectivity index (χ2n) is 5.03. The van der Waals surface area contributed by atoms with E-state index in [1.807, 2.05) is 78.9 Å². The molecule has 1 heterocycles. The highest BCUT2D eigenvalue weighted by atomic mass is 16.6. The molecule has 0 aliphatic carbocycles. The zero-order valence-electron chi connectivity index (χ0n) is 12.1. The summed E-state index contributed by atoms with van der Waals surface area (Å²) in [7, 11) is 0. The highest BCUT2D eigenvalue weighted by Gasteiger charge is 2.23. The number of rotatable bonds is 3. The zero-order chi connectivity index (χ0) is 15.2. The Bertz CT molecular complexity index is 677. The number of carbonyl (C=O) groups is 1. The fourth-order valence-electron chi connectivity index (χ4n) is 2.39. The molecule has 0 unspecified atom stereocenters. The largest absolute Gasteiger partial charge is 0.444 e. The first-order valence-corrected chi connectivity index (χ1v) is 7.23. The van der Waals surface area contributed by atoms with Crippen molar-refractivity contribution in [3.8, 4) is 0 Å². The van der Waals surface area contributed by atoms with Gasteiger partial charge in [-0.1, -0.05) is 72.8 Å². The Hall–Kier alpha value is -2.81. The molecule has 0 aromatic heterocycles. The third-order valence-electron chi connectivity index (χ3n) is 3.51. The monoisotopic (exact) mass is 291 g/mol. The van der Waals surface area contributed by atoms with Crippen LogP contribution >= 0.6 is 0 Å². The number of hydrogen-bond donors (Lipinski definition) is 0. The van der Waals surface area contributed by atoms with Crippen LogP contribution in [0.15, 0.2) is 85.1 Å². The second-order valence-corrected chi connectivity index (χ2v) is 5.03. The molecule has 2 aromatic carbocycles. The molecule has 1 atom stereocenters. The topological polar surface area (TPSA) is 29.5 Å². The molecule has 0 N–H and O–H groups in total. The molecule has 0 spiro atoms. The van der Waals surface area contributed by atoms with Gasteiger partial charge in [-0.3, -0.25) is 4.90 Å². The standard InChI is InChI=1S/C19H17NO2/c21-19(22-15-16-9-3-1-4-10-16)20-14-8-7-13-18(20)17-11-5-2-6-12-17/h1-14,18H,15H2/t18-/m0/s1. The molecule has 3 rings (SSSR count). The molecule has 1 aliphatic heterocycles. The van der Waals surface area contributed by atoms with Gasteiger partial charge < -0.3 is 4.74 Å². The molecular weight excluding hydrogens is 274 g/mol. The molecule has 1 aliphatic rings. The van der Waals surface area contributed by atoms with Crippen LogP contribution in [0.1, 0.15) is 17.2 Å². The number of allylic oxidation sites excluding steroid dienone is 2. The second kappa shape index (κ2) is 6.76. The lowest BCUT2D eigenvalue weighted by Gasteiger charge is -2.28. The quantitative estimate of drug-likeness (QED) is 0.836. The fraction of sp³-hybridized carbons (Fsp3) is 0.105. The normalized spacial score (nSPS) is 16.5. The van der Waals surface area contributed by atoms with E-state index in [0.717, 1.165) is 11.1 Å². The van der Waals surface area contributed by atoms with Crippen molar-refractivity contribution >= 4 is 6.09 Å². The Labute approximate surface area is 130 Å². The lowest BCUT2D eigenvalue weighted by molar-refractivity contribution is 0.103. The van der Waals surface area contributed by atoms with E-state index >= 15 is 0 Å². The summed E-state index contributed by atoms with van der Waals surface area (Å²) < 4.78 is 5.42. The van der Waals surface area contributed by atoms with Gasteiger partial charge in [-0.15, -0.1) is 0 Å². The fourth-order valence-corrected chi connectivity index (χ4v) is 2.39. The Morgan fingerprint density at radius 1 is 0.955 bits per heavy atom. The minimum atomic E-state index is -0.349. The Kier molecular flexibility index (Phi) is 4.35. The molecule has 0 saturated heterocycles. The van der Waals surface area contributed by atoms with Crippen molar-refractivity contribution in [2.24, 2.45) is 0 Å². The van der Waals surface area contributed by atoms with Gasteiger partial charge in [0.15, 0.2) is 0 Å². The summed E-state index contributed by atoms with van der Waals surface area (Å²) in [5, 5.41) is 0. The Morgan fingerprint density at radius 3 is 2.36 bits per heavy atom. The van der Waals surface area contributed by atoms with Crippen LogP contribution in [0.3, 0.4) is 0 Å². The highest BCUT2D eigenvalue weighted by molar-refractivity contribution is 5.70. The molecule has 110 valence electrons. The molecule has 0 bridgehead atoms. The van der Waals surface area contributed by atoms with E-state index in [2.05, 4.69) is 0 Å². The first kappa shape index (κ1) is 14.1. The van der Waals surface area contributed by atoms with Crippen LogP contribution in [-0.4, -0.2) is 11.0 Å². The molecule has 1 amide bonds. The van der Waals surface area contributed by atoms with Gasteiger partial charge in [0.05, 0.1) is 6.04 Å². The summed E-state index contributed by atoms with van der Waals surface area (Å²) in [4.78, 5) is 14.0. The number of ether oxygens (including phenoxy) is 1. The van der Waals surface area contributed by atoms with Gasteiger partial charge in [0, 0.05) is 6.20 Å². The summed E-state index contributed by atoms with van der Waals surface area (Å²) >= 11 is 0. The minimum Gasteiger partial charge on any atom is -0.444 e. The van der Waals surface area contributed by atoms with Crippen LogP contribution in [0.4, 0.5) is 4.79 Å². The van der Waals surface area contributed by atoms with Crippen molar-refractivity contribution in [3.05, 3.63) is 96.2 Å². The van der Waals surface area contributed by atoms with Gasteiger partial charge in [0.25, 0.3) is 0 Å². The maximum absolute atomic E-state index is 12.4. The van der Waals surface area contributed by atoms with Crippen molar-refractivity contribution in [1.29, 1.82) is 0 Å². The van der Waals surface area contributed by atoms with Crippen molar-refractivity contribution in [3.63, 3.8) is 0 Å². The van der Waals surface area contributed by atoms with E-state index in [1.54, 1.807) is 11.1 Å². The van der Waals surface area contributed by atoms with Crippen molar-refractivity contribution in [1.82, 2.24) is 4.90 Å². The van der Waals surface area contributed by atoms with Gasteiger partial charge in [0.2, 0.25) is 0 Å². The molecule has 3 heteroatoms. The number of nitrogens with zero attached hydrogens (tertiary/aromatic N) is 1. The smallest absolute Gasteiger partial charge is 0.414 e. The maximum atomic E-state index is 12.4. The Morgan fingerprint density at radius 2 is 1.64 bits per heavy atom.